The fraction of sp³-hybridized carbons (Fsp3) is 0.368. The van der Waals surface area contributed by atoms with Crippen LogP contribution in [-0.2, 0) is 6.54 Å². The van der Waals surface area contributed by atoms with Gasteiger partial charge in [-0.25, -0.2) is 0 Å². The summed E-state index contributed by atoms with van der Waals surface area (Å²) in [5.41, 5.74) is 11.7. The molecule has 0 spiro atoms. The highest BCUT2D eigenvalue weighted by atomic mass is 35.5. The van der Waals surface area contributed by atoms with E-state index in [1.165, 1.54) is 22.3 Å². The minimum absolute atomic E-state index is 0. The molecular formula is C19H25Cl2N3. The molecule has 3 N–H and O–H groups in total. The Balaban J connectivity index is 0.00000104. The molecule has 2 aromatic rings. The summed E-state index contributed by atoms with van der Waals surface area (Å²) in [6, 6.07) is 18.0. The summed E-state index contributed by atoms with van der Waals surface area (Å²) in [5.74, 6) is 0.435. The van der Waals surface area contributed by atoms with Crippen molar-refractivity contribution < 1.29 is 0 Å². The molecule has 1 saturated heterocycles. The summed E-state index contributed by atoms with van der Waals surface area (Å²) in [6.45, 7) is 4.97. The minimum Gasteiger partial charge on any atom is -0.326 e. The molecule has 5 heteroatoms. The van der Waals surface area contributed by atoms with Gasteiger partial charge in [-0.05, 0) is 22.3 Å². The third-order valence-electron chi connectivity index (χ3n) is 5.13. The Kier molecular flexibility index (Phi) is 6.67. The average Bonchev–Trinajstić information content (AvgIpc) is 2.61. The maximum atomic E-state index is 6.05. The molecule has 2 heterocycles. The minimum atomic E-state index is 0. The van der Waals surface area contributed by atoms with E-state index in [1.54, 1.807) is 0 Å². The van der Waals surface area contributed by atoms with E-state index in [0.717, 1.165) is 26.2 Å². The van der Waals surface area contributed by atoms with Gasteiger partial charge in [0.05, 0.1) is 0 Å². The lowest BCUT2D eigenvalue weighted by Crippen LogP contribution is -2.50. The molecule has 0 saturated carbocycles. The zero-order chi connectivity index (χ0) is 14.9. The molecule has 0 bridgehead atoms. The number of rotatable bonds is 2. The number of halogens is 2. The third-order valence-corrected chi connectivity index (χ3v) is 5.13. The van der Waals surface area contributed by atoms with Crippen LogP contribution in [0.1, 0.15) is 34.2 Å². The van der Waals surface area contributed by atoms with Gasteiger partial charge in [-0.15, -0.1) is 24.8 Å². The van der Waals surface area contributed by atoms with Gasteiger partial charge < -0.3 is 11.1 Å². The van der Waals surface area contributed by atoms with E-state index in [4.69, 9.17) is 5.73 Å². The van der Waals surface area contributed by atoms with Crippen molar-refractivity contribution in [2.45, 2.75) is 18.5 Å². The smallest absolute Gasteiger partial charge is 0.0476 e. The van der Waals surface area contributed by atoms with Crippen molar-refractivity contribution in [2.75, 3.05) is 26.2 Å². The lowest BCUT2D eigenvalue weighted by atomic mass is 9.78. The highest BCUT2D eigenvalue weighted by Crippen LogP contribution is 2.41. The van der Waals surface area contributed by atoms with E-state index in [0.29, 0.717) is 18.5 Å². The van der Waals surface area contributed by atoms with Crippen LogP contribution in [0.25, 0.3) is 0 Å². The van der Waals surface area contributed by atoms with Gasteiger partial charge in [0.2, 0.25) is 0 Å². The van der Waals surface area contributed by atoms with E-state index in [2.05, 4.69) is 58.7 Å². The molecule has 2 aliphatic heterocycles. The van der Waals surface area contributed by atoms with Crippen molar-refractivity contribution in [1.82, 2.24) is 10.2 Å². The van der Waals surface area contributed by atoms with Gasteiger partial charge in [0.25, 0.3) is 0 Å². The molecule has 24 heavy (non-hydrogen) atoms. The molecule has 2 aromatic carbocycles. The molecule has 0 aliphatic carbocycles. The van der Waals surface area contributed by atoms with Crippen molar-refractivity contribution in [3.05, 3.63) is 70.8 Å². The molecule has 0 unspecified atom stereocenters. The van der Waals surface area contributed by atoms with Gasteiger partial charge in [-0.2, -0.15) is 0 Å². The molecule has 0 aromatic heterocycles. The standard InChI is InChI=1S/C19H23N3.2ClH/c20-11-15-7-4-8-16-18-12-21-9-10-22(18)13-17(19(15)16)14-5-2-1-3-6-14;;/h1-8,17-18,21H,9-13,20H2;2*1H/t17-,18-;;/m0../s1. The van der Waals surface area contributed by atoms with Crippen molar-refractivity contribution in [3.63, 3.8) is 0 Å². The van der Waals surface area contributed by atoms with Crippen molar-refractivity contribution in [2.24, 2.45) is 5.73 Å². The van der Waals surface area contributed by atoms with E-state index in [-0.39, 0.29) is 24.8 Å². The molecule has 4 rings (SSSR count). The topological polar surface area (TPSA) is 41.3 Å². The molecule has 0 amide bonds. The third kappa shape index (κ3) is 3.32. The van der Waals surface area contributed by atoms with Gasteiger partial charge in [-0.3, -0.25) is 4.90 Å². The number of nitrogens with one attached hydrogen (secondary N) is 1. The van der Waals surface area contributed by atoms with Crippen LogP contribution >= 0.6 is 24.8 Å². The van der Waals surface area contributed by atoms with Crippen molar-refractivity contribution in [3.8, 4) is 0 Å². The SMILES string of the molecule is Cl.Cl.NCc1cccc2c1[C@H](c1ccccc1)CN1CCNC[C@@H]21. The maximum Gasteiger partial charge on any atom is 0.0476 e. The number of benzene rings is 2. The lowest BCUT2D eigenvalue weighted by molar-refractivity contribution is 0.143. The fourth-order valence-electron chi connectivity index (χ4n) is 4.08. The molecule has 130 valence electrons. The number of fused-ring (bicyclic) bond motifs is 3. The van der Waals surface area contributed by atoms with Crippen LogP contribution < -0.4 is 11.1 Å². The van der Waals surface area contributed by atoms with Gasteiger partial charge in [-0.1, -0.05) is 48.5 Å². The first kappa shape index (κ1) is 19.2. The van der Waals surface area contributed by atoms with Crippen LogP contribution in [0.15, 0.2) is 48.5 Å². The van der Waals surface area contributed by atoms with Crippen LogP contribution in [-0.4, -0.2) is 31.1 Å². The number of nitrogens with two attached hydrogens (primary N) is 1. The highest BCUT2D eigenvalue weighted by molar-refractivity contribution is 5.85. The van der Waals surface area contributed by atoms with E-state index in [1.807, 2.05) is 0 Å². The largest absolute Gasteiger partial charge is 0.326 e. The van der Waals surface area contributed by atoms with Gasteiger partial charge in [0.1, 0.15) is 0 Å². The summed E-state index contributed by atoms with van der Waals surface area (Å²) in [4.78, 5) is 2.64. The molecule has 3 nitrogen and oxygen atoms in total. The Morgan fingerprint density at radius 3 is 2.58 bits per heavy atom. The lowest BCUT2D eigenvalue weighted by Gasteiger charge is -2.45. The van der Waals surface area contributed by atoms with E-state index >= 15 is 0 Å². The van der Waals surface area contributed by atoms with Gasteiger partial charge >= 0.3 is 0 Å². The zero-order valence-electron chi connectivity index (χ0n) is 13.7. The molecular weight excluding hydrogens is 341 g/mol. The van der Waals surface area contributed by atoms with Crippen molar-refractivity contribution >= 4 is 24.8 Å². The Morgan fingerprint density at radius 1 is 1.04 bits per heavy atom. The molecule has 2 atom stereocenters. The average molecular weight is 366 g/mol. The second-order valence-electron chi connectivity index (χ2n) is 6.30. The summed E-state index contributed by atoms with van der Waals surface area (Å²) in [7, 11) is 0. The first-order valence-corrected chi connectivity index (χ1v) is 8.20. The number of hydrogen-bond donors (Lipinski definition) is 2. The van der Waals surface area contributed by atoms with E-state index in [9.17, 15) is 0 Å². The summed E-state index contributed by atoms with van der Waals surface area (Å²) in [5, 5.41) is 3.54. The van der Waals surface area contributed by atoms with E-state index < -0.39 is 0 Å². The van der Waals surface area contributed by atoms with Crippen LogP contribution in [0.3, 0.4) is 0 Å². The predicted octanol–water partition coefficient (Wildman–Crippen LogP) is 3.08. The van der Waals surface area contributed by atoms with Crippen LogP contribution in [0.4, 0.5) is 0 Å². The Morgan fingerprint density at radius 2 is 1.83 bits per heavy atom. The molecule has 2 aliphatic rings. The first-order chi connectivity index (χ1) is 10.9. The van der Waals surface area contributed by atoms with Gasteiger partial charge in [0.15, 0.2) is 0 Å². The quantitative estimate of drug-likeness (QED) is 0.858. The fourth-order valence-corrected chi connectivity index (χ4v) is 4.08. The van der Waals surface area contributed by atoms with Crippen LogP contribution in [0.2, 0.25) is 0 Å². The first-order valence-electron chi connectivity index (χ1n) is 8.20. The second-order valence-corrected chi connectivity index (χ2v) is 6.30. The normalized spacial score (nSPS) is 22.5. The van der Waals surface area contributed by atoms with Crippen LogP contribution in [0.5, 0.6) is 0 Å². The summed E-state index contributed by atoms with van der Waals surface area (Å²) < 4.78 is 0. The van der Waals surface area contributed by atoms with Gasteiger partial charge in [0, 0.05) is 44.7 Å². The van der Waals surface area contributed by atoms with Crippen LogP contribution in [0, 0.1) is 0 Å². The Bertz CT molecular complexity index is 663. The second kappa shape index (κ2) is 8.32. The number of nitrogens with zero attached hydrogens (tertiary/aromatic N) is 1. The maximum absolute atomic E-state index is 6.05. The Hall–Kier alpha value is -1.10. The molecule has 1 fully saturated rings. The predicted molar refractivity (Wildman–Crippen MR) is 104 cm³/mol. The monoisotopic (exact) mass is 365 g/mol. The number of hydrogen-bond acceptors (Lipinski definition) is 3. The number of piperazine rings is 1. The molecule has 0 radical (unpaired) electrons. The summed E-state index contributed by atoms with van der Waals surface area (Å²) >= 11 is 0. The highest BCUT2D eigenvalue weighted by Gasteiger charge is 2.35. The zero-order valence-corrected chi connectivity index (χ0v) is 15.3. The Labute approximate surface area is 156 Å². The van der Waals surface area contributed by atoms with Crippen molar-refractivity contribution in [1.29, 1.82) is 0 Å². The summed E-state index contributed by atoms with van der Waals surface area (Å²) in [6.07, 6.45) is 0.